The average Bonchev–Trinajstić information content (AvgIpc) is 3.31. The smallest absolute Gasteiger partial charge is 0.344 e. The van der Waals surface area contributed by atoms with E-state index in [0.29, 0.717) is 11.6 Å². The Morgan fingerprint density at radius 3 is 2.47 bits per heavy atom. The molecule has 2 heterocycles. The standard InChI is InChI=1S/C30H34ClF3N6O3/c1-18(2)26-27-35-19(3)38-40(27)15-14-39(29(43)22-17-21(30(32,33)34)11-12-23(22)31)13-7-10-25(41)36-24(28(42)37-26)16-20-8-5-4-6-9-20/h4-6,8-9,11-12,17-18,24,26H,7,10,13-16H2,1-3H3,(H,36,41)(H,37,42)/t24-,26+/m0/s1. The molecule has 0 saturated heterocycles. The van der Waals surface area contributed by atoms with Gasteiger partial charge in [0.2, 0.25) is 11.8 Å². The number of aromatic nitrogens is 3. The van der Waals surface area contributed by atoms with E-state index >= 15 is 0 Å². The molecule has 9 nitrogen and oxygen atoms in total. The molecule has 0 bridgehead atoms. The highest BCUT2D eigenvalue weighted by atomic mass is 35.5. The van der Waals surface area contributed by atoms with Crippen LogP contribution in [0.5, 0.6) is 0 Å². The van der Waals surface area contributed by atoms with Crippen LogP contribution in [0, 0.1) is 12.8 Å². The summed E-state index contributed by atoms with van der Waals surface area (Å²) in [4.78, 5) is 46.1. The van der Waals surface area contributed by atoms with E-state index in [0.717, 1.165) is 23.8 Å². The number of rotatable bonds is 4. The first kappa shape index (κ1) is 32.0. The minimum Gasteiger partial charge on any atom is -0.344 e. The van der Waals surface area contributed by atoms with E-state index < -0.39 is 35.6 Å². The number of benzene rings is 2. The van der Waals surface area contributed by atoms with Crippen molar-refractivity contribution in [1.29, 1.82) is 0 Å². The van der Waals surface area contributed by atoms with Crippen LogP contribution in [-0.4, -0.2) is 56.5 Å². The molecule has 1 aromatic heterocycles. The zero-order valence-corrected chi connectivity index (χ0v) is 24.9. The maximum absolute atomic E-state index is 13.6. The predicted octanol–water partition coefficient (Wildman–Crippen LogP) is 4.74. The van der Waals surface area contributed by atoms with E-state index in [9.17, 15) is 27.6 Å². The van der Waals surface area contributed by atoms with Crippen LogP contribution in [0.3, 0.4) is 0 Å². The average molecular weight is 619 g/mol. The lowest BCUT2D eigenvalue weighted by Gasteiger charge is -2.28. The van der Waals surface area contributed by atoms with Gasteiger partial charge in [-0.25, -0.2) is 9.67 Å². The van der Waals surface area contributed by atoms with Gasteiger partial charge in [-0.15, -0.1) is 0 Å². The highest BCUT2D eigenvalue weighted by Crippen LogP contribution is 2.32. The van der Waals surface area contributed by atoms with Gasteiger partial charge in [0.1, 0.15) is 17.7 Å². The summed E-state index contributed by atoms with van der Waals surface area (Å²) in [5.74, 6) is -0.653. The maximum atomic E-state index is 13.6. The van der Waals surface area contributed by atoms with Crippen LogP contribution in [0.2, 0.25) is 5.02 Å². The molecule has 0 spiro atoms. The highest BCUT2D eigenvalue weighted by Gasteiger charge is 2.33. The lowest BCUT2D eigenvalue weighted by Crippen LogP contribution is -2.50. The van der Waals surface area contributed by atoms with Crippen LogP contribution in [0.25, 0.3) is 0 Å². The Balaban J connectivity index is 1.68. The Morgan fingerprint density at radius 2 is 1.79 bits per heavy atom. The van der Waals surface area contributed by atoms with Crippen molar-refractivity contribution in [3.8, 4) is 0 Å². The van der Waals surface area contributed by atoms with Crippen molar-refractivity contribution in [2.45, 2.75) is 64.8 Å². The molecule has 3 amide bonds. The molecule has 0 aliphatic carbocycles. The van der Waals surface area contributed by atoms with Crippen molar-refractivity contribution >= 4 is 29.3 Å². The van der Waals surface area contributed by atoms with Gasteiger partial charge in [0.25, 0.3) is 5.91 Å². The SMILES string of the molecule is Cc1nc2n(n1)CCN(C(=O)c1cc(C(F)(F)F)ccc1Cl)CCCC(=O)N[C@@H](Cc1ccccc1)C(=O)N[C@@H]2C(C)C. The molecule has 3 aromatic rings. The third-order valence-corrected chi connectivity index (χ3v) is 7.54. The Labute approximate surface area is 252 Å². The van der Waals surface area contributed by atoms with Gasteiger partial charge in [0.05, 0.1) is 28.7 Å². The number of nitrogens with one attached hydrogen (secondary N) is 2. The molecule has 2 N–H and O–H groups in total. The number of carbonyl (C=O) groups excluding carboxylic acids is 3. The summed E-state index contributed by atoms with van der Waals surface area (Å²) in [6.07, 6.45) is -4.21. The maximum Gasteiger partial charge on any atom is 0.416 e. The first-order valence-electron chi connectivity index (χ1n) is 14.0. The second kappa shape index (κ2) is 13.6. The Kier molecular flexibility index (Phi) is 10.1. The summed E-state index contributed by atoms with van der Waals surface area (Å²) in [5, 5.41) is 10.2. The van der Waals surface area contributed by atoms with E-state index in [1.807, 2.05) is 44.2 Å². The number of fused-ring (bicyclic) bond motifs is 1. The zero-order chi connectivity index (χ0) is 31.3. The topological polar surface area (TPSA) is 109 Å². The van der Waals surface area contributed by atoms with Crippen LogP contribution in [-0.2, 0) is 28.7 Å². The fourth-order valence-electron chi connectivity index (χ4n) is 4.97. The van der Waals surface area contributed by atoms with Gasteiger partial charge in [-0.2, -0.15) is 18.3 Å². The zero-order valence-electron chi connectivity index (χ0n) is 24.1. The van der Waals surface area contributed by atoms with Crippen LogP contribution in [0.1, 0.15) is 65.9 Å². The van der Waals surface area contributed by atoms with Crippen LogP contribution in [0.4, 0.5) is 13.2 Å². The first-order valence-corrected chi connectivity index (χ1v) is 14.4. The molecule has 1 aliphatic heterocycles. The van der Waals surface area contributed by atoms with Crippen LogP contribution >= 0.6 is 11.6 Å². The van der Waals surface area contributed by atoms with Crippen molar-refractivity contribution in [1.82, 2.24) is 30.3 Å². The molecule has 0 radical (unpaired) electrons. The van der Waals surface area contributed by atoms with Crippen LogP contribution < -0.4 is 10.6 Å². The highest BCUT2D eigenvalue weighted by molar-refractivity contribution is 6.33. The summed E-state index contributed by atoms with van der Waals surface area (Å²) in [6, 6.07) is 10.5. The van der Waals surface area contributed by atoms with Crippen molar-refractivity contribution in [3.05, 3.63) is 81.9 Å². The largest absolute Gasteiger partial charge is 0.416 e. The van der Waals surface area contributed by atoms with Gasteiger partial charge in [0, 0.05) is 25.9 Å². The van der Waals surface area contributed by atoms with Crippen molar-refractivity contribution in [2.75, 3.05) is 13.1 Å². The first-order chi connectivity index (χ1) is 20.3. The number of amides is 3. The van der Waals surface area contributed by atoms with Crippen molar-refractivity contribution in [2.24, 2.45) is 5.92 Å². The second-order valence-corrected chi connectivity index (χ2v) is 11.3. The number of alkyl halides is 3. The fraction of sp³-hybridized carbons (Fsp3) is 0.433. The number of carbonyl (C=O) groups is 3. The monoisotopic (exact) mass is 618 g/mol. The molecule has 4 rings (SSSR count). The molecule has 230 valence electrons. The Hall–Kier alpha value is -3.93. The van der Waals surface area contributed by atoms with Gasteiger partial charge in [-0.3, -0.25) is 14.4 Å². The van der Waals surface area contributed by atoms with Gasteiger partial charge < -0.3 is 15.5 Å². The van der Waals surface area contributed by atoms with Gasteiger partial charge in [-0.1, -0.05) is 55.8 Å². The quantitative estimate of drug-likeness (QED) is 0.439. The molecule has 0 unspecified atom stereocenters. The van der Waals surface area contributed by atoms with E-state index in [2.05, 4.69) is 20.7 Å². The lowest BCUT2D eigenvalue weighted by atomic mass is 10.0. The molecular weight excluding hydrogens is 585 g/mol. The third-order valence-electron chi connectivity index (χ3n) is 7.21. The minimum atomic E-state index is -4.66. The molecule has 43 heavy (non-hydrogen) atoms. The molecular formula is C30H34ClF3N6O3. The number of halogens is 4. The summed E-state index contributed by atoms with van der Waals surface area (Å²) in [7, 11) is 0. The molecule has 13 heteroatoms. The molecule has 0 fully saturated rings. The lowest BCUT2D eigenvalue weighted by molar-refractivity contribution is -0.137. The molecule has 1 aliphatic rings. The van der Waals surface area contributed by atoms with Gasteiger partial charge in [-0.05, 0) is 43.0 Å². The number of nitrogens with zero attached hydrogens (tertiary/aromatic N) is 4. The van der Waals surface area contributed by atoms with Gasteiger partial charge in [0.15, 0.2) is 0 Å². The van der Waals surface area contributed by atoms with Crippen molar-refractivity contribution < 1.29 is 27.6 Å². The Bertz CT molecular complexity index is 1460. The van der Waals surface area contributed by atoms with E-state index in [4.69, 9.17) is 11.6 Å². The van der Waals surface area contributed by atoms with E-state index in [1.54, 1.807) is 11.6 Å². The normalized spacial score (nSPS) is 18.9. The number of hydrogen-bond acceptors (Lipinski definition) is 5. The van der Waals surface area contributed by atoms with Crippen molar-refractivity contribution in [3.63, 3.8) is 0 Å². The third kappa shape index (κ3) is 8.13. The number of hydrogen-bond donors (Lipinski definition) is 2. The Morgan fingerprint density at radius 1 is 1.07 bits per heavy atom. The van der Waals surface area contributed by atoms with E-state index in [1.165, 1.54) is 4.90 Å². The fourth-order valence-corrected chi connectivity index (χ4v) is 5.17. The molecule has 2 aromatic carbocycles. The number of aryl methyl sites for hydroxylation is 1. The molecule has 0 saturated carbocycles. The van der Waals surface area contributed by atoms with Crippen LogP contribution in [0.15, 0.2) is 48.5 Å². The summed E-state index contributed by atoms with van der Waals surface area (Å²) in [6.45, 7) is 5.80. The summed E-state index contributed by atoms with van der Waals surface area (Å²) in [5.41, 5.74) is -0.415. The predicted molar refractivity (Wildman–Crippen MR) is 154 cm³/mol. The van der Waals surface area contributed by atoms with E-state index in [-0.39, 0.29) is 61.3 Å². The summed E-state index contributed by atoms with van der Waals surface area (Å²) >= 11 is 6.19. The molecule has 2 atom stereocenters. The minimum absolute atomic E-state index is 0.0139. The second-order valence-electron chi connectivity index (χ2n) is 10.9. The van der Waals surface area contributed by atoms with Gasteiger partial charge >= 0.3 is 6.18 Å². The summed E-state index contributed by atoms with van der Waals surface area (Å²) < 4.78 is 41.9.